The van der Waals surface area contributed by atoms with Crippen LogP contribution >= 0.6 is 38.5 Å². The molecule has 0 spiro atoms. The van der Waals surface area contributed by atoms with Crippen LogP contribution in [0.5, 0.6) is 0 Å². The van der Waals surface area contributed by atoms with E-state index in [0.717, 1.165) is 26.7 Å². The van der Waals surface area contributed by atoms with E-state index in [1.165, 1.54) is 0 Å². The van der Waals surface area contributed by atoms with Crippen LogP contribution in [0.25, 0.3) is 11.0 Å². The Labute approximate surface area is 103 Å². The van der Waals surface area contributed by atoms with Gasteiger partial charge in [-0.1, -0.05) is 15.9 Å². The lowest BCUT2D eigenvalue weighted by Gasteiger charge is -1.94. The second-order valence-corrected chi connectivity index (χ2v) is 4.52. The molecule has 0 fully saturated rings. The largest absolute Gasteiger partial charge is 0.341 e. The van der Waals surface area contributed by atoms with Gasteiger partial charge in [-0.2, -0.15) is 0 Å². The number of nitrogens with one attached hydrogen (secondary N) is 1. The maximum Gasteiger partial charge on any atom is 0.152 e. The molecule has 0 saturated carbocycles. The molecule has 0 aliphatic heterocycles. The summed E-state index contributed by atoms with van der Waals surface area (Å²) in [6.45, 7) is 0. The van der Waals surface area contributed by atoms with Crippen LogP contribution in [0.2, 0.25) is 0 Å². The molecule has 1 aromatic carbocycles. The highest BCUT2D eigenvalue weighted by atomic mass is 127. The van der Waals surface area contributed by atoms with Gasteiger partial charge in [-0.15, -0.1) is 0 Å². The second kappa shape index (κ2) is 3.98. The van der Waals surface area contributed by atoms with Gasteiger partial charge in [0.15, 0.2) is 6.29 Å². The smallest absolute Gasteiger partial charge is 0.152 e. The molecule has 0 aliphatic rings. The van der Waals surface area contributed by atoms with Crippen LogP contribution < -0.4 is 0 Å². The zero-order valence-corrected chi connectivity index (χ0v) is 10.8. The van der Waals surface area contributed by atoms with E-state index in [0.29, 0.717) is 10.9 Å². The summed E-state index contributed by atoms with van der Waals surface area (Å²) in [5.41, 5.74) is 2.34. The van der Waals surface area contributed by atoms with Crippen molar-refractivity contribution < 1.29 is 4.79 Å². The normalized spacial score (nSPS) is 10.7. The molecule has 0 aliphatic carbocycles. The summed E-state index contributed by atoms with van der Waals surface area (Å²) in [5.74, 6) is 0.840. The molecule has 0 amide bonds. The lowest BCUT2D eigenvalue weighted by molar-refractivity contribution is 0.112. The van der Waals surface area contributed by atoms with E-state index in [9.17, 15) is 4.79 Å². The number of imidazole rings is 1. The van der Waals surface area contributed by atoms with Crippen molar-refractivity contribution in [2.75, 3.05) is 0 Å². The molecule has 0 radical (unpaired) electrons. The standard InChI is InChI=1S/C9H6BrIN2O/c10-3-7-12-8-5(4-14)1-2-6(11)9(8)13-7/h1-2,4H,3H2,(H,12,13). The predicted octanol–water partition coefficient (Wildman–Crippen LogP) is 2.87. The third kappa shape index (κ3) is 1.58. The average molecular weight is 365 g/mol. The first-order chi connectivity index (χ1) is 6.76. The number of nitrogens with zero attached hydrogens (tertiary/aromatic N) is 1. The monoisotopic (exact) mass is 364 g/mol. The number of carbonyl (C=O) groups is 1. The molecule has 0 bridgehead atoms. The maximum atomic E-state index is 10.8. The molecule has 5 heteroatoms. The molecule has 0 atom stereocenters. The molecule has 72 valence electrons. The van der Waals surface area contributed by atoms with Crippen LogP contribution in [-0.4, -0.2) is 16.3 Å². The highest BCUT2D eigenvalue weighted by Crippen LogP contribution is 2.21. The van der Waals surface area contributed by atoms with Crippen molar-refractivity contribution in [1.29, 1.82) is 0 Å². The quantitative estimate of drug-likeness (QED) is 0.506. The Balaban J connectivity index is 2.81. The highest BCUT2D eigenvalue weighted by molar-refractivity contribution is 14.1. The van der Waals surface area contributed by atoms with Crippen LogP contribution in [0.1, 0.15) is 16.2 Å². The first-order valence-corrected chi connectivity index (χ1v) is 6.14. The number of fused-ring (bicyclic) bond motifs is 1. The van der Waals surface area contributed by atoms with Crippen LogP contribution in [0.4, 0.5) is 0 Å². The number of H-pyrrole nitrogens is 1. The molecule has 0 unspecified atom stereocenters. The number of benzene rings is 1. The van der Waals surface area contributed by atoms with Crippen molar-refractivity contribution in [3.05, 3.63) is 27.1 Å². The molecule has 2 rings (SSSR count). The van der Waals surface area contributed by atoms with Crippen molar-refractivity contribution in [3.63, 3.8) is 0 Å². The van der Waals surface area contributed by atoms with Gasteiger partial charge in [0.1, 0.15) is 11.3 Å². The van der Waals surface area contributed by atoms with Gasteiger partial charge < -0.3 is 4.98 Å². The Morgan fingerprint density at radius 3 is 3.00 bits per heavy atom. The SMILES string of the molecule is O=Cc1ccc(I)c2nc(CBr)[nH]c12. The fourth-order valence-corrected chi connectivity index (χ4v) is 2.13. The van der Waals surface area contributed by atoms with E-state index in [4.69, 9.17) is 0 Å². The summed E-state index contributed by atoms with van der Waals surface area (Å²) < 4.78 is 1.05. The number of aromatic nitrogens is 2. The van der Waals surface area contributed by atoms with Crippen LogP contribution in [0.15, 0.2) is 12.1 Å². The van der Waals surface area contributed by atoms with Crippen LogP contribution in [-0.2, 0) is 5.33 Å². The number of aldehydes is 1. The minimum atomic E-state index is 0.653. The number of rotatable bonds is 2. The average Bonchev–Trinajstić information content (AvgIpc) is 2.63. The number of hydrogen-bond acceptors (Lipinski definition) is 2. The van der Waals surface area contributed by atoms with Crippen molar-refractivity contribution in [1.82, 2.24) is 9.97 Å². The molecule has 3 nitrogen and oxygen atoms in total. The molecule has 0 saturated heterocycles. The third-order valence-electron chi connectivity index (χ3n) is 1.93. The fourth-order valence-electron chi connectivity index (χ4n) is 1.29. The van der Waals surface area contributed by atoms with E-state index in [-0.39, 0.29) is 0 Å². The molecular formula is C9H6BrIN2O. The first kappa shape index (κ1) is 10.1. The van der Waals surface area contributed by atoms with Gasteiger partial charge in [0.25, 0.3) is 0 Å². The summed E-state index contributed by atoms with van der Waals surface area (Å²) in [6, 6.07) is 3.69. The summed E-state index contributed by atoms with van der Waals surface area (Å²) in [7, 11) is 0. The van der Waals surface area contributed by atoms with E-state index in [1.54, 1.807) is 6.07 Å². The van der Waals surface area contributed by atoms with Gasteiger partial charge in [0, 0.05) is 9.13 Å². The predicted molar refractivity (Wildman–Crippen MR) is 66.8 cm³/mol. The van der Waals surface area contributed by atoms with E-state index in [2.05, 4.69) is 48.5 Å². The van der Waals surface area contributed by atoms with E-state index >= 15 is 0 Å². The van der Waals surface area contributed by atoms with Gasteiger partial charge in [-0.3, -0.25) is 4.79 Å². The Bertz CT molecular complexity index is 495. The van der Waals surface area contributed by atoms with Gasteiger partial charge >= 0.3 is 0 Å². The number of carbonyl (C=O) groups excluding carboxylic acids is 1. The van der Waals surface area contributed by atoms with Gasteiger partial charge in [0.2, 0.25) is 0 Å². The van der Waals surface area contributed by atoms with Crippen molar-refractivity contribution in [2.45, 2.75) is 5.33 Å². The molecule has 1 heterocycles. The highest BCUT2D eigenvalue weighted by Gasteiger charge is 2.08. The molecule has 14 heavy (non-hydrogen) atoms. The Morgan fingerprint density at radius 1 is 1.57 bits per heavy atom. The zero-order valence-electron chi connectivity index (χ0n) is 7.05. The molecule has 1 aromatic heterocycles. The molecular weight excluding hydrogens is 359 g/mol. The summed E-state index contributed by atoms with van der Waals surface area (Å²) in [5, 5.41) is 0.663. The third-order valence-corrected chi connectivity index (χ3v) is 3.33. The van der Waals surface area contributed by atoms with E-state index < -0.39 is 0 Å². The second-order valence-electron chi connectivity index (χ2n) is 2.80. The summed E-state index contributed by atoms with van der Waals surface area (Å²) >= 11 is 5.53. The zero-order chi connectivity index (χ0) is 10.1. The van der Waals surface area contributed by atoms with Crippen molar-refractivity contribution >= 4 is 55.8 Å². The van der Waals surface area contributed by atoms with Crippen molar-refractivity contribution in [2.24, 2.45) is 0 Å². The number of aromatic amines is 1. The lowest BCUT2D eigenvalue weighted by Crippen LogP contribution is -1.84. The van der Waals surface area contributed by atoms with Gasteiger partial charge in [-0.25, -0.2) is 4.98 Å². The number of halogens is 2. The molecule has 2 aromatic rings. The summed E-state index contributed by atoms with van der Waals surface area (Å²) in [6.07, 6.45) is 0.842. The van der Waals surface area contributed by atoms with Crippen molar-refractivity contribution in [3.8, 4) is 0 Å². The molecule has 1 N–H and O–H groups in total. The fraction of sp³-hybridized carbons (Fsp3) is 0.111. The minimum Gasteiger partial charge on any atom is -0.341 e. The topological polar surface area (TPSA) is 45.8 Å². The van der Waals surface area contributed by atoms with Gasteiger partial charge in [-0.05, 0) is 34.7 Å². The maximum absolute atomic E-state index is 10.8. The van der Waals surface area contributed by atoms with Crippen LogP contribution in [0.3, 0.4) is 0 Å². The van der Waals surface area contributed by atoms with E-state index in [1.807, 2.05) is 6.07 Å². The Morgan fingerprint density at radius 2 is 2.36 bits per heavy atom. The first-order valence-electron chi connectivity index (χ1n) is 3.94. The number of hydrogen-bond donors (Lipinski definition) is 1. The summed E-state index contributed by atoms with van der Waals surface area (Å²) in [4.78, 5) is 18.2. The lowest BCUT2D eigenvalue weighted by atomic mass is 10.2. The Hall–Kier alpha value is -0.430. The van der Waals surface area contributed by atoms with Crippen LogP contribution in [0, 0.1) is 3.57 Å². The van der Waals surface area contributed by atoms with Gasteiger partial charge in [0.05, 0.1) is 10.8 Å². The minimum absolute atomic E-state index is 0.653. The number of alkyl halides is 1. The Kier molecular flexibility index (Phi) is 2.87.